The van der Waals surface area contributed by atoms with Gasteiger partial charge in [0.05, 0.1) is 12.6 Å². The number of aromatic nitrogens is 1. The molecule has 0 saturated carbocycles. The number of aliphatic hydroxyl groups excluding tert-OH is 1. The van der Waals surface area contributed by atoms with Crippen molar-refractivity contribution in [2.24, 2.45) is 0 Å². The van der Waals surface area contributed by atoms with Gasteiger partial charge in [0.25, 0.3) is 0 Å². The molecule has 0 saturated heterocycles. The monoisotopic (exact) mass is 184 g/mol. The summed E-state index contributed by atoms with van der Waals surface area (Å²) in [6.07, 6.45) is 0.773. The van der Waals surface area contributed by atoms with Crippen LogP contribution in [0.5, 0.6) is 0 Å². The van der Waals surface area contributed by atoms with Crippen molar-refractivity contribution in [1.29, 1.82) is 0 Å². The highest BCUT2D eigenvalue weighted by molar-refractivity contribution is 5.34. The van der Waals surface area contributed by atoms with Gasteiger partial charge < -0.3 is 10.4 Å². The normalized spacial score (nSPS) is 12.5. The molecule has 1 atom stereocenters. The number of nitrogens with zero attached hydrogens (tertiary/aromatic N) is 1. The highest BCUT2D eigenvalue weighted by atomic mass is 19.1. The molecule has 1 aromatic heterocycles. The Balaban J connectivity index is 2.62. The topological polar surface area (TPSA) is 45.1 Å². The summed E-state index contributed by atoms with van der Waals surface area (Å²) >= 11 is 0. The minimum atomic E-state index is -0.516. The first-order valence-electron chi connectivity index (χ1n) is 4.26. The van der Waals surface area contributed by atoms with Crippen LogP contribution in [-0.2, 0) is 0 Å². The smallest absolute Gasteiger partial charge is 0.214 e. The summed E-state index contributed by atoms with van der Waals surface area (Å²) in [6, 6.07) is 4.47. The quantitative estimate of drug-likeness (QED) is 0.695. The van der Waals surface area contributed by atoms with E-state index in [1.807, 2.05) is 6.92 Å². The molecule has 0 fully saturated rings. The van der Waals surface area contributed by atoms with Gasteiger partial charge in [-0.2, -0.15) is 4.39 Å². The molecule has 72 valence electrons. The molecule has 0 radical (unpaired) electrons. The number of aliphatic hydroxyl groups is 1. The van der Waals surface area contributed by atoms with Crippen molar-refractivity contribution >= 4 is 5.82 Å². The van der Waals surface area contributed by atoms with Crippen molar-refractivity contribution in [2.45, 2.75) is 19.4 Å². The van der Waals surface area contributed by atoms with Crippen molar-refractivity contribution in [3.8, 4) is 0 Å². The molecule has 0 spiro atoms. The summed E-state index contributed by atoms with van der Waals surface area (Å²) < 4.78 is 12.6. The molecule has 1 rings (SSSR count). The van der Waals surface area contributed by atoms with Gasteiger partial charge in [-0.05, 0) is 18.6 Å². The Bertz CT molecular complexity index is 264. The van der Waals surface area contributed by atoms with Gasteiger partial charge in [0.2, 0.25) is 5.95 Å². The molecular weight excluding hydrogens is 171 g/mol. The fourth-order valence-electron chi connectivity index (χ4n) is 0.975. The molecule has 1 aromatic rings. The number of anilines is 1. The lowest BCUT2D eigenvalue weighted by atomic mass is 10.2. The second-order valence-electron chi connectivity index (χ2n) is 2.78. The van der Waals surface area contributed by atoms with Crippen molar-refractivity contribution in [3.63, 3.8) is 0 Å². The predicted octanol–water partition coefficient (Wildman–Crippen LogP) is 1.40. The van der Waals surface area contributed by atoms with E-state index in [0.29, 0.717) is 5.82 Å². The fourth-order valence-corrected chi connectivity index (χ4v) is 0.975. The lowest BCUT2D eigenvalue weighted by Crippen LogP contribution is -2.23. The molecule has 0 amide bonds. The Hall–Kier alpha value is -1.16. The first-order valence-corrected chi connectivity index (χ1v) is 4.26. The maximum atomic E-state index is 12.6. The second kappa shape index (κ2) is 4.77. The number of rotatable bonds is 4. The van der Waals surface area contributed by atoms with Gasteiger partial charge in [-0.25, -0.2) is 4.98 Å². The van der Waals surface area contributed by atoms with Gasteiger partial charge in [-0.15, -0.1) is 0 Å². The van der Waals surface area contributed by atoms with Crippen LogP contribution in [0.1, 0.15) is 13.3 Å². The second-order valence-corrected chi connectivity index (χ2v) is 2.78. The van der Waals surface area contributed by atoms with E-state index < -0.39 is 5.95 Å². The molecular formula is C9H13FN2O. The Morgan fingerprint density at radius 3 is 2.92 bits per heavy atom. The number of hydrogen-bond acceptors (Lipinski definition) is 3. The Morgan fingerprint density at radius 2 is 2.38 bits per heavy atom. The summed E-state index contributed by atoms with van der Waals surface area (Å²) in [7, 11) is 0. The zero-order chi connectivity index (χ0) is 9.68. The molecule has 3 nitrogen and oxygen atoms in total. The van der Waals surface area contributed by atoms with E-state index in [-0.39, 0.29) is 12.6 Å². The van der Waals surface area contributed by atoms with Gasteiger partial charge in [0, 0.05) is 0 Å². The third-order valence-corrected chi connectivity index (χ3v) is 1.78. The third-order valence-electron chi connectivity index (χ3n) is 1.78. The lowest BCUT2D eigenvalue weighted by Gasteiger charge is -2.13. The van der Waals surface area contributed by atoms with Crippen LogP contribution in [0, 0.1) is 5.95 Å². The fraction of sp³-hybridized carbons (Fsp3) is 0.444. The van der Waals surface area contributed by atoms with E-state index in [0.717, 1.165) is 6.42 Å². The van der Waals surface area contributed by atoms with E-state index in [1.165, 1.54) is 6.07 Å². The van der Waals surface area contributed by atoms with Gasteiger partial charge in [-0.1, -0.05) is 13.0 Å². The van der Waals surface area contributed by atoms with Crippen molar-refractivity contribution in [3.05, 3.63) is 24.1 Å². The van der Waals surface area contributed by atoms with Gasteiger partial charge in [0.15, 0.2) is 0 Å². The zero-order valence-corrected chi connectivity index (χ0v) is 7.50. The standard InChI is InChI=1S/C9H13FN2O/c1-2-7(6-13)11-9-5-3-4-8(10)12-9/h3-5,7,13H,2,6H2,1H3,(H,11,12). The SMILES string of the molecule is CCC(CO)Nc1cccc(F)n1. The number of hydrogen-bond donors (Lipinski definition) is 2. The lowest BCUT2D eigenvalue weighted by molar-refractivity contribution is 0.271. The molecule has 2 N–H and O–H groups in total. The molecule has 0 bridgehead atoms. The molecule has 1 unspecified atom stereocenters. The highest BCUT2D eigenvalue weighted by Gasteiger charge is 2.04. The van der Waals surface area contributed by atoms with Crippen LogP contribution in [0.25, 0.3) is 0 Å². The van der Waals surface area contributed by atoms with Crippen molar-refractivity contribution in [2.75, 3.05) is 11.9 Å². The van der Waals surface area contributed by atoms with Gasteiger partial charge in [-0.3, -0.25) is 0 Å². The highest BCUT2D eigenvalue weighted by Crippen LogP contribution is 2.06. The Labute approximate surface area is 76.6 Å². The molecule has 0 aromatic carbocycles. The third kappa shape index (κ3) is 2.99. The Morgan fingerprint density at radius 1 is 1.62 bits per heavy atom. The number of pyridine rings is 1. The maximum absolute atomic E-state index is 12.6. The van der Waals surface area contributed by atoms with Crippen LogP contribution in [0.15, 0.2) is 18.2 Å². The van der Waals surface area contributed by atoms with Crippen LogP contribution in [0.3, 0.4) is 0 Å². The van der Waals surface area contributed by atoms with Crippen LogP contribution in [0.4, 0.5) is 10.2 Å². The summed E-state index contributed by atoms with van der Waals surface area (Å²) in [5, 5.41) is 11.8. The maximum Gasteiger partial charge on any atom is 0.214 e. The van der Waals surface area contributed by atoms with Crippen molar-refractivity contribution in [1.82, 2.24) is 4.98 Å². The van der Waals surface area contributed by atoms with Crippen LogP contribution < -0.4 is 5.32 Å². The average molecular weight is 184 g/mol. The minimum absolute atomic E-state index is 0.0225. The number of halogens is 1. The van der Waals surface area contributed by atoms with Gasteiger partial charge >= 0.3 is 0 Å². The molecule has 4 heteroatoms. The van der Waals surface area contributed by atoms with E-state index in [4.69, 9.17) is 5.11 Å². The summed E-state index contributed by atoms with van der Waals surface area (Å²) in [6.45, 7) is 1.96. The van der Waals surface area contributed by atoms with E-state index in [2.05, 4.69) is 10.3 Å². The van der Waals surface area contributed by atoms with Crippen LogP contribution in [-0.4, -0.2) is 22.7 Å². The van der Waals surface area contributed by atoms with E-state index in [9.17, 15) is 4.39 Å². The minimum Gasteiger partial charge on any atom is -0.394 e. The molecule has 0 aliphatic carbocycles. The van der Waals surface area contributed by atoms with Crippen LogP contribution >= 0.6 is 0 Å². The molecule has 1 heterocycles. The van der Waals surface area contributed by atoms with E-state index >= 15 is 0 Å². The van der Waals surface area contributed by atoms with Crippen LogP contribution in [0.2, 0.25) is 0 Å². The molecule has 0 aliphatic rings. The largest absolute Gasteiger partial charge is 0.394 e. The zero-order valence-electron chi connectivity index (χ0n) is 7.50. The summed E-state index contributed by atoms with van der Waals surface area (Å²) in [5.41, 5.74) is 0. The molecule has 0 aliphatic heterocycles. The number of nitrogens with one attached hydrogen (secondary N) is 1. The summed E-state index contributed by atoms with van der Waals surface area (Å²) in [5.74, 6) is -0.0568. The average Bonchev–Trinajstić information content (AvgIpc) is 2.14. The first-order chi connectivity index (χ1) is 6.26. The van der Waals surface area contributed by atoms with E-state index in [1.54, 1.807) is 12.1 Å². The first kappa shape index (κ1) is 9.92. The Kier molecular flexibility index (Phi) is 3.64. The van der Waals surface area contributed by atoms with Gasteiger partial charge in [0.1, 0.15) is 5.82 Å². The predicted molar refractivity (Wildman–Crippen MR) is 49.0 cm³/mol. The summed E-state index contributed by atoms with van der Waals surface area (Å²) in [4.78, 5) is 3.62. The molecule has 13 heavy (non-hydrogen) atoms. The van der Waals surface area contributed by atoms with Crippen molar-refractivity contribution < 1.29 is 9.50 Å².